The molecule has 1 saturated heterocycles. The third-order valence-corrected chi connectivity index (χ3v) is 3.61. The van der Waals surface area contributed by atoms with Crippen LogP contribution in [0.5, 0.6) is 0 Å². The van der Waals surface area contributed by atoms with Gasteiger partial charge in [0.1, 0.15) is 0 Å². The number of carbonyl (C=O) groups is 1. The van der Waals surface area contributed by atoms with Crippen LogP contribution in [0, 0.1) is 5.92 Å². The monoisotopic (exact) mass is 183 g/mol. The highest BCUT2D eigenvalue weighted by Crippen LogP contribution is 2.39. The highest BCUT2D eigenvalue weighted by molar-refractivity contribution is 5.72. The number of carboxylic acid groups (broad SMARTS) is 1. The largest absolute Gasteiger partial charge is 0.481 e. The second-order valence-corrected chi connectivity index (χ2v) is 4.32. The molecule has 2 rings (SSSR count). The summed E-state index contributed by atoms with van der Waals surface area (Å²) in [6.07, 6.45) is 6.40. The Balaban J connectivity index is 2.16. The van der Waals surface area contributed by atoms with E-state index in [2.05, 4.69) is 5.32 Å². The van der Waals surface area contributed by atoms with Crippen LogP contribution in [0.15, 0.2) is 0 Å². The second kappa shape index (κ2) is 3.29. The van der Waals surface area contributed by atoms with Crippen LogP contribution in [0.1, 0.15) is 38.5 Å². The first-order valence-electron chi connectivity index (χ1n) is 5.22. The van der Waals surface area contributed by atoms with Crippen molar-refractivity contribution in [3.8, 4) is 0 Å². The molecule has 0 aromatic carbocycles. The normalized spacial score (nSPS) is 39.5. The maximum atomic E-state index is 11.1. The number of carboxylic acids is 1. The van der Waals surface area contributed by atoms with E-state index in [1.54, 1.807) is 0 Å². The lowest BCUT2D eigenvalue weighted by atomic mass is 9.72. The van der Waals surface area contributed by atoms with E-state index >= 15 is 0 Å². The van der Waals surface area contributed by atoms with Crippen molar-refractivity contribution in [3.63, 3.8) is 0 Å². The van der Waals surface area contributed by atoms with Crippen molar-refractivity contribution in [2.75, 3.05) is 6.54 Å². The minimum absolute atomic E-state index is 0.0376. The van der Waals surface area contributed by atoms with Crippen LogP contribution >= 0.6 is 0 Å². The van der Waals surface area contributed by atoms with Crippen LogP contribution in [0.25, 0.3) is 0 Å². The van der Waals surface area contributed by atoms with E-state index < -0.39 is 5.97 Å². The predicted molar refractivity (Wildman–Crippen MR) is 49.6 cm³/mol. The quantitative estimate of drug-likeness (QED) is 0.645. The molecule has 1 spiro atoms. The molecule has 1 unspecified atom stereocenters. The number of hydrogen-bond donors (Lipinski definition) is 2. The summed E-state index contributed by atoms with van der Waals surface area (Å²) in [7, 11) is 0. The number of nitrogens with one attached hydrogen (secondary N) is 1. The highest BCUT2D eigenvalue weighted by atomic mass is 16.4. The summed E-state index contributed by atoms with van der Waals surface area (Å²) in [4.78, 5) is 11.1. The van der Waals surface area contributed by atoms with Crippen LogP contribution in [0.4, 0.5) is 0 Å². The first-order valence-corrected chi connectivity index (χ1v) is 5.22. The van der Waals surface area contributed by atoms with Gasteiger partial charge in [0.15, 0.2) is 0 Å². The summed E-state index contributed by atoms with van der Waals surface area (Å²) in [5.41, 5.74) is -0.0376. The molecule has 2 fully saturated rings. The molecule has 0 bridgehead atoms. The SMILES string of the molecule is O=C(O)[C@H]1CCCCC12CCCN2. The smallest absolute Gasteiger partial charge is 0.308 e. The fourth-order valence-electron chi connectivity index (χ4n) is 2.94. The minimum Gasteiger partial charge on any atom is -0.481 e. The van der Waals surface area contributed by atoms with Crippen LogP contribution in [-0.2, 0) is 4.79 Å². The van der Waals surface area contributed by atoms with Crippen LogP contribution < -0.4 is 5.32 Å². The molecule has 2 N–H and O–H groups in total. The molecular weight excluding hydrogens is 166 g/mol. The highest BCUT2D eigenvalue weighted by Gasteiger charge is 2.45. The predicted octanol–water partition coefficient (Wildman–Crippen LogP) is 1.38. The summed E-state index contributed by atoms with van der Waals surface area (Å²) in [6.45, 7) is 1.00. The van der Waals surface area contributed by atoms with Gasteiger partial charge in [-0.1, -0.05) is 12.8 Å². The zero-order valence-corrected chi connectivity index (χ0v) is 7.88. The van der Waals surface area contributed by atoms with E-state index in [0.29, 0.717) is 0 Å². The second-order valence-electron chi connectivity index (χ2n) is 4.32. The van der Waals surface area contributed by atoms with Gasteiger partial charge >= 0.3 is 5.97 Å². The Labute approximate surface area is 78.5 Å². The van der Waals surface area contributed by atoms with Crippen molar-refractivity contribution < 1.29 is 9.90 Å². The zero-order valence-electron chi connectivity index (χ0n) is 7.88. The molecule has 0 amide bonds. The van der Waals surface area contributed by atoms with Gasteiger partial charge in [-0.15, -0.1) is 0 Å². The Bertz CT molecular complexity index is 209. The maximum Gasteiger partial charge on any atom is 0.308 e. The molecule has 0 radical (unpaired) electrons. The third kappa shape index (κ3) is 1.46. The van der Waals surface area contributed by atoms with Gasteiger partial charge in [0.25, 0.3) is 0 Å². The number of rotatable bonds is 1. The Morgan fingerprint density at radius 1 is 1.31 bits per heavy atom. The van der Waals surface area contributed by atoms with Gasteiger partial charge < -0.3 is 10.4 Å². The Kier molecular flexibility index (Phi) is 2.28. The molecule has 13 heavy (non-hydrogen) atoms. The van der Waals surface area contributed by atoms with Crippen molar-refractivity contribution in [3.05, 3.63) is 0 Å². The Hall–Kier alpha value is -0.570. The topological polar surface area (TPSA) is 49.3 Å². The summed E-state index contributed by atoms with van der Waals surface area (Å²) in [6, 6.07) is 0. The van der Waals surface area contributed by atoms with E-state index in [0.717, 1.165) is 38.6 Å². The van der Waals surface area contributed by atoms with Gasteiger partial charge in [-0.05, 0) is 32.2 Å². The zero-order chi connectivity index (χ0) is 9.31. The lowest BCUT2D eigenvalue weighted by Gasteiger charge is -2.39. The van der Waals surface area contributed by atoms with Gasteiger partial charge in [0, 0.05) is 5.54 Å². The first kappa shape index (κ1) is 9.00. The van der Waals surface area contributed by atoms with Crippen molar-refractivity contribution >= 4 is 5.97 Å². The molecule has 0 aromatic rings. The number of aliphatic carboxylic acids is 1. The molecule has 3 heteroatoms. The van der Waals surface area contributed by atoms with E-state index in [1.807, 2.05) is 0 Å². The fraction of sp³-hybridized carbons (Fsp3) is 0.900. The molecule has 1 heterocycles. The lowest BCUT2D eigenvalue weighted by molar-refractivity contribution is -0.146. The van der Waals surface area contributed by atoms with Crippen molar-refractivity contribution in [1.82, 2.24) is 5.32 Å². The van der Waals surface area contributed by atoms with Crippen LogP contribution in [0.3, 0.4) is 0 Å². The van der Waals surface area contributed by atoms with Gasteiger partial charge in [-0.2, -0.15) is 0 Å². The standard InChI is InChI=1S/C10H17NO2/c12-9(13)8-4-1-2-5-10(8)6-3-7-11-10/h8,11H,1-7H2,(H,12,13)/t8-,10?/m1/s1. The average molecular weight is 183 g/mol. The fourth-order valence-corrected chi connectivity index (χ4v) is 2.94. The van der Waals surface area contributed by atoms with Crippen molar-refractivity contribution in [2.24, 2.45) is 5.92 Å². The summed E-state index contributed by atoms with van der Waals surface area (Å²) in [5, 5.41) is 12.5. The lowest BCUT2D eigenvalue weighted by Crippen LogP contribution is -2.51. The summed E-state index contributed by atoms with van der Waals surface area (Å²) in [5.74, 6) is -0.738. The molecule has 0 aromatic heterocycles. The van der Waals surface area contributed by atoms with E-state index in [9.17, 15) is 4.79 Å². The van der Waals surface area contributed by atoms with Crippen molar-refractivity contribution in [2.45, 2.75) is 44.1 Å². The van der Waals surface area contributed by atoms with Gasteiger partial charge in [-0.3, -0.25) is 4.79 Å². The Morgan fingerprint density at radius 2 is 2.08 bits per heavy atom. The minimum atomic E-state index is -0.603. The average Bonchev–Trinajstić information content (AvgIpc) is 2.54. The first-order chi connectivity index (χ1) is 6.25. The van der Waals surface area contributed by atoms with E-state index in [-0.39, 0.29) is 11.5 Å². The molecule has 1 aliphatic carbocycles. The van der Waals surface area contributed by atoms with E-state index in [4.69, 9.17) is 5.11 Å². The van der Waals surface area contributed by atoms with Gasteiger partial charge in [0.2, 0.25) is 0 Å². The molecule has 2 aliphatic rings. The molecular formula is C10H17NO2. The van der Waals surface area contributed by atoms with Crippen LogP contribution in [0.2, 0.25) is 0 Å². The molecule has 2 atom stereocenters. The summed E-state index contributed by atoms with van der Waals surface area (Å²) >= 11 is 0. The number of hydrogen-bond acceptors (Lipinski definition) is 2. The molecule has 1 saturated carbocycles. The molecule has 1 aliphatic heterocycles. The van der Waals surface area contributed by atoms with Gasteiger partial charge in [-0.25, -0.2) is 0 Å². The van der Waals surface area contributed by atoms with Crippen molar-refractivity contribution in [1.29, 1.82) is 0 Å². The van der Waals surface area contributed by atoms with Crippen LogP contribution in [-0.4, -0.2) is 23.2 Å². The molecule has 3 nitrogen and oxygen atoms in total. The summed E-state index contributed by atoms with van der Waals surface area (Å²) < 4.78 is 0. The van der Waals surface area contributed by atoms with E-state index in [1.165, 1.54) is 6.42 Å². The maximum absolute atomic E-state index is 11.1. The van der Waals surface area contributed by atoms with Gasteiger partial charge in [0.05, 0.1) is 5.92 Å². The third-order valence-electron chi connectivity index (χ3n) is 3.61. The Morgan fingerprint density at radius 3 is 2.69 bits per heavy atom. The molecule has 74 valence electrons.